The van der Waals surface area contributed by atoms with Gasteiger partial charge in [0, 0.05) is 31.3 Å². The summed E-state index contributed by atoms with van der Waals surface area (Å²) in [7, 11) is 0. The number of nitro groups is 1. The van der Waals surface area contributed by atoms with Crippen LogP contribution in [0.5, 0.6) is 0 Å². The molecule has 2 N–H and O–H groups in total. The number of halogens is 2. The number of carbonyl (C=O) groups excluding carboxylic acids is 1. The SMILES string of the molecule is Cl.NCC1CCCN1C(=O)c1ccc([N+](=O)[O-])cc1Cl. The Hall–Kier alpha value is -1.37. The monoisotopic (exact) mass is 319 g/mol. The molecule has 6 nitrogen and oxygen atoms in total. The normalized spacial score (nSPS) is 17.7. The van der Waals surface area contributed by atoms with Crippen LogP contribution in [0.3, 0.4) is 0 Å². The number of nitro benzene ring substituents is 1. The molecule has 1 aromatic rings. The number of rotatable bonds is 3. The van der Waals surface area contributed by atoms with Gasteiger partial charge < -0.3 is 10.6 Å². The van der Waals surface area contributed by atoms with Crippen molar-refractivity contribution in [3.8, 4) is 0 Å². The number of non-ortho nitro benzene ring substituents is 1. The summed E-state index contributed by atoms with van der Waals surface area (Å²) in [6, 6.07) is 3.91. The van der Waals surface area contributed by atoms with Gasteiger partial charge >= 0.3 is 0 Å². The maximum absolute atomic E-state index is 12.3. The number of carbonyl (C=O) groups is 1. The fourth-order valence-electron chi connectivity index (χ4n) is 2.29. The molecule has 1 amide bonds. The van der Waals surface area contributed by atoms with E-state index in [2.05, 4.69) is 0 Å². The lowest BCUT2D eigenvalue weighted by Gasteiger charge is -2.23. The Morgan fingerprint density at radius 2 is 2.25 bits per heavy atom. The van der Waals surface area contributed by atoms with Crippen LogP contribution < -0.4 is 5.73 Å². The summed E-state index contributed by atoms with van der Waals surface area (Å²) in [5.41, 5.74) is 5.78. The fraction of sp³-hybridized carbons (Fsp3) is 0.417. The molecule has 8 heteroatoms. The number of likely N-dealkylation sites (tertiary alicyclic amines) is 1. The largest absolute Gasteiger partial charge is 0.334 e. The zero-order valence-electron chi connectivity index (χ0n) is 10.6. The highest BCUT2D eigenvalue weighted by Crippen LogP contribution is 2.26. The van der Waals surface area contributed by atoms with E-state index in [-0.39, 0.29) is 40.6 Å². The van der Waals surface area contributed by atoms with E-state index in [9.17, 15) is 14.9 Å². The van der Waals surface area contributed by atoms with Crippen molar-refractivity contribution in [1.82, 2.24) is 4.90 Å². The molecule has 0 aliphatic carbocycles. The first kappa shape index (κ1) is 16.7. The maximum Gasteiger partial charge on any atom is 0.270 e. The molecule has 2 rings (SSSR count). The Bertz CT molecular complexity index is 525. The average Bonchev–Trinajstić information content (AvgIpc) is 2.85. The van der Waals surface area contributed by atoms with Crippen LogP contribution in [0.4, 0.5) is 5.69 Å². The summed E-state index contributed by atoms with van der Waals surface area (Å²) in [6.45, 7) is 1.06. The molecule has 1 fully saturated rings. The van der Waals surface area contributed by atoms with Gasteiger partial charge in [-0.15, -0.1) is 12.4 Å². The third-order valence-electron chi connectivity index (χ3n) is 3.30. The van der Waals surface area contributed by atoms with Crippen LogP contribution in [-0.2, 0) is 0 Å². The Balaban J connectivity index is 0.00000200. The predicted octanol–water partition coefficient (Wildman–Crippen LogP) is 2.23. The minimum absolute atomic E-state index is 0. The second-order valence-electron chi connectivity index (χ2n) is 4.45. The van der Waals surface area contributed by atoms with Gasteiger partial charge in [-0.2, -0.15) is 0 Å². The van der Waals surface area contributed by atoms with Gasteiger partial charge in [0.15, 0.2) is 0 Å². The highest BCUT2D eigenvalue weighted by Gasteiger charge is 2.29. The van der Waals surface area contributed by atoms with Crippen LogP contribution in [0.1, 0.15) is 23.2 Å². The van der Waals surface area contributed by atoms with Crippen molar-refractivity contribution in [2.45, 2.75) is 18.9 Å². The summed E-state index contributed by atoms with van der Waals surface area (Å²) >= 11 is 5.95. The molecule has 0 radical (unpaired) electrons. The molecule has 110 valence electrons. The average molecular weight is 320 g/mol. The molecule has 0 spiro atoms. The van der Waals surface area contributed by atoms with Gasteiger partial charge in [-0.25, -0.2) is 0 Å². The Morgan fingerprint density at radius 1 is 1.55 bits per heavy atom. The molecule has 1 atom stereocenters. The Kier molecular flexibility index (Phi) is 5.74. The fourth-order valence-corrected chi connectivity index (χ4v) is 2.55. The van der Waals surface area contributed by atoms with Crippen molar-refractivity contribution < 1.29 is 9.72 Å². The smallest absolute Gasteiger partial charge is 0.270 e. The van der Waals surface area contributed by atoms with Crippen molar-refractivity contribution in [3.05, 3.63) is 38.9 Å². The van der Waals surface area contributed by atoms with E-state index in [0.717, 1.165) is 12.8 Å². The minimum Gasteiger partial charge on any atom is -0.334 e. The van der Waals surface area contributed by atoms with Crippen LogP contribution in [0.15, 0.2) is 18.2 Å². The molecule has 1 aromatic carbocycles. The van der Waals surface area contributed by atoms with E-state index in [1.54, 1.807) is 4.90 Å². The van der Waals surface area contributed by atoms with Crippen LogP contribution in [-0.4, -0.2) is 34.9 Å². The van der Waals surface area contributed by atoms with Gasteiger partial charge in [0.1, 0.15) is 0 Å². The third-order valence-corrected chi connectivity index (χ3v) is 3.62. The van der Waals surface area contributed by atoms with Gasteiger partial charge in [0.25, 0.3) is 11.6 Å². The molecule has 1 aliphatic heterocycles. The third kappa shape index (κ3) is 3.20. The number of hydrogen-bond acceptors (Lipinski definition) is 4. The van der Waals surface area contributed by atoms with Crippen molar-refractivity contribution >= 4 is 35.6 Å². The lowest BCUT2D eigenvalue weighted by atomic mass is 10.1. The standard InChI is InChI=1S/C12H14ClN3O3.ClH/c13-11-6-8(16(18)19)3-4-10(11)12(17)15-5-1-2-9(15)7-14;/h3-4,6,9H,1-2,5,7,14H2;1H. The van der Waals surface area contributed by atoms with Crippen molar-refractivity contribution in [1.29, 1.82) is 0 Å². The molecule has 0 aromatic heterocycles. The molecule has 0 bridgehead atoms. The van der Waals surface area contributed by atoms with Crippen LogP contribution in [0.25, 0.3) is 0 Å². The topological polar surface area (TPSA) is 89.5 Å². The maximum atomic E-state index is 12.3. The summed E-state index contributed by atoms with van der Waals surface area (Å²) in [4.78, 5) is 24.1. The summed E-state index contributed by atoms with van der Waals surface area (Å²) in [5, 5.41) is 10.7. The van der Waals surface area contributed by atoms with Crippen molar-refractivity contribution in [3.63, 3.8) is 0 Å². The molecule has 0 saturated carbocycles. The van der Waals surface area contributed by atoms with Crippen LogP contribution >= 0.6 is 24.0 Å². The minimum atomic E-state index is -0.543. The second-order valence-corrected chi connectivity index (χ2v) is 4.86. The van der Waals surface area contributed by atoms with Crippen molar-refractivity contribution in [2.24, 2.45) is 5.73 Å². The number of hydrogen-bond donors (Lipinski definition) is 1. The number of amides is 1. The first-order valence-electron chi connectivity index (χ1n) is 5.99. The Morgan fingerprint density at radius 3 is 2.80 bits per heavy atom. The van der Waals surface area contributed by atoms with Crippen molar-refractivity contribution in [2.75, 3.05) is 13.1 Å². The first-order chi connectivity index (χ1) is 9.04. The zero-order valence-corrected chi connectivity index (χ0v) is 12.2. The summed E-state index contributed by atoms with van der Waals surface area (Å²) in [5.74, 6) is -0.215. The summed E-state index contributed by atoms with van der Waals surface area (Å²) in [6.07, 6.45) is 1.80. The number of benzene rings is 1. The van der Waals surface area contributed by atoms with E-state index in [1.807, 2.05) is 0 Å². The van der Waals surface area contributed by atoms with E-state index < -0.39 is 4.92 Å². The second kappa shape index (κ2) is 6.88. The first-order valence-corrected chi connectivity index (χ1v) is 6.37. The molecule has 1 unspecified atom stereocenters. The predicted molar refractivity (Wildman–Crippen MR) is 78.5 cm³/mol. The van der Waals surface area contributed by atoms with E-state index in [4.69, 9.17) is 17.3 Å². The van der Waals surface area contributed by atoms with Crippen LogP contribution in [0.2, 0.25) is 5.02 Å². The van der Waals surface area contributed by atoms with E-state index in [0.29, 0.717) is 13.1 Å². The molecule has 1 heterocycles. The highest BCUT2D eigenvalue weighted by molar-refractivity contribution is 6.34. The zero-order chi connectivity index (χ0) is 14.0. The molecular formula is C12H15Cl2N3O3. The van der Waals surface area contributed by atoms with Crippen LogP contribution in [0, 0.1) is 10.1 Å². The van der Waals surface area contributed by atoms with Gasteiger partial charge in [0.2, 0.25) is 0 Å². The lowest BCUT2D eigenvalue weighted by Crippen LogP contribution is -2.40. The quantitative estimate of drug-likeness (QED) is 0.683. The van der Waals surface area contributed by atoms with Gasteiger partial charge in [0.05, 0.1) is 15.5 Å². The van der Waals surface area contributed by atoms with Gasteiger partial charge in [-0.1, -0.05) is 11.6 Å². The number of nitrogens with zero attached hydrogens (tertiary/aromatic N) is 2. The number of nitrogens with two attached hydrogens (primary N) is 1. The summed E-state index contributed by atoms with van der Waals surface area (Å²) < 4.78 is 0. The molecule has 1 saturated heterocycles. The highest BCUT2D eigenvalue weighted by atomic mass is 35.5. The molecule has 1 aliphatic rings. The van der Waals surface area contributed by atoms with Gasteiger partial charge in [-0.3, -0.25) is 14.9 Å². The van der Waals surface area contributed by atoms with E-state index >= 15 is 0 Å². The van der Waals surface area contributed by atoms with E-state index in [1.165, 1.54) is 18.2 Å². The molecular weight excluding hydrogens is 305 g/mol. The van der Waals surface area contributed by atoms with Gasteiger partial charge in [-0.05, 0) is 18.9 Å². The lowest BCUT2D eigenvalue weighted by molar-refractivity contribution is -0.384. The Labute approximate surface area is 127 Å². The molecule has 20 heavy (non-hydrogen) atoms.